The number of amides is 2. The summed E-state index contributed by atoms with van der Waals surface area (Å²) in [6.07, 6.45) is 0.662. The van der Waals surface area contributed by atoms with Crippen LogP contribution in [0.15, 0.2) is 84.9 Å². The molecule has 0 saturated heterocycles. The first-order valence-electron chi connectivity index (χ1n) is 11.1. The number of benzene rings is 3. The van der Waals surface area contributed by atoms with E-state index >= 15 is 0 Å². The van der Waals surface area contributed by atoms with Gasteiger partial charge in [0, 0.05) is 18.7 Å². The summed E-state index contributed by atoms with van der Waals surface area (Å²) < 4.78 is 5.32. The van der Waals surface area contributed by atoms with Crippen LogP contribution in [0.5, 0.6) is 0 Å². The smallest absolute Gasteiger partial charge is 0.408 e. The summed E-state index contributed by atoms with van der Waals surface area (Å²) in [5.41, 5.74) is 3.71. The Bertz CT molecular complexity index is 1010. The van der Waals surface area contributed by atoms with Crippen molar-refractivity contribution < 1.29 is 14.3 Å². The lowest BCUT2D eigenvalue weighted by molar-refractivity contribution is -0.118. The third-order valence-electron chi connectivity index (χ3n) is 5.17. The molecule has 0 aliphatic heterocycles. The molecule has 33 heavy (non-hydrogen) atoms. The Morgan fingerprint density at radius 3 is 2.03 bits per heavy atom. The standard InChI is InChI=1S/C27H31N3O3/c1-30(2)18-17-21-13-15-24(16-14-21)28-26(31)25(19-22-9-5-3-6-10-22)29-27(32)33-20-23-11-7-4-8-12-23/h3-16,25H,17-20H2,1-2H3,(H,28,31)(H,29,32)/t25-/m0/s1. The first-order chi connectivity index (χ1) is 16.0. The number of rotatable bonds is 10. The quantitative estimate of drug-likeness (QED) is 0.489. The van der Waals surface area contributed by atoms with Gasteiger partial charge in [0.2, 0.25) is 5.91 Å². The van der Waals surface area contributed by atoms with Crippen LogP contribution in [-0.4, -0.2) is 43.6 Å². The average Bonchev–Trinajstić information content (AvgIpc) is 2.83. The van der Waals surface area contributed by atoms with Gasteiger partial charge in [0.25, 0.3) is 0 Å². The second-order valence-corrected chi connectivity index (χ2v) is 8.19. The first kappa shape index (κ1) is 24.0. The van der Waals surface area contributed by atoms with E-state index in [1.165, 1.54) is 5.56 Å². The lowest BCUT2D eigenvalue weighted by Crippen LogP contribution is -2.45. The van der Waals surface area contributed by atoms with Gasteiger partial charge in [-0.05, 0) is 49.3 Å². The van der Waals surface area contributed by atoms with Crippen molar-refractivity contribution in [1.82, 2.24) is 10.2 Å². The zero-order chi connectivity index (χ0) is 23.5. The fraction of sp³-hybridized carbons (Fsp3) is 0.259. The topological polar surface area (TPSA) is 70.7 Å². The minimum atomic E-state index is -0.774. The van der Waals surface area contributed by atoms with Gasteiger partial charge >= 0.3 is 6.09 Å². The van der Waals surface area contributed by atoms with E-state index in [-0.39, 0.29) is 12.5 Å². The van der Waals surface area contributed by atoms with Crippen LogP contribution in [0.2, 0.25) is 0 Å². The van der Waals surface area contributed by atoms with Crippen LogP contribution in [0.4, 0.5) is 10.5 Å². The van der Waals surface area contributed by atoms with Gasteiger partial charge in [-0.25, -0.2) is 4.79 Å². The molecule has 6 nitrogen and oxygen atoms in total. The van der Waals surface area contributed by atoms with Crippen molar-refractivity contribution in [2.24, 2.45) is 0 Å². The molecule has 0 fully saturated rings. The van der Waals surface area contributed by atoms with Crippen LogP contribution in [0.1, 0.15) is 16.7 Å². The number of nitrogens with zero attached hydrogens (tertiary/aromatic N) is 1. The molecule has 2 N–H and O–H groups in total. The van der Waals surface area contributed by atoms with Gasteiger partial charge in [0.05, 0.1) is 0 Å². The maximum atomic E-state index is 13.0. The molecule has 6 heteroatoms. The number of hydrogen-bond donors (Lipinski definition) is 2. The van der Waals surface area contributed by atoms with Gasteiger partial charge in [-0.1, -0.05) is 72.8 Å². The van der Waals surface area contributed by atoms with E-state index in [1.807, 2.05) is 99.0 Å². The highest BCUT2D eigenvalue weighted by molar-refractivity contribution is 5.96. The maximum Gasteiger partial charge on any atom is 0.408 e. The molecule has 0 unspecified atom stereocenters. The van der Waals surface area contributed by atoms with Gasteiger partial charge in [-0.15, -0.1) is 0 Å². The average molecular weight is 446 g/mol. The molecule has 0 bridgehead atoms. The number of ether oxygens (including phenoxy) is 1. The van der Waals surface area contributed by atoms with Gasteiger partial charge in [-0.3, -0.25) is 4.79 Å². The van der Waals surface area contributed by atoms with Gasteiger partial charge in [0.15, 0.2) is 0 Å². The molecule has 0 radical (unpaired) electrons. The molecule has 2 amide bonds. The van der Waals surface area contributed by atoms with Crippen molar-refractivity contribution in [2.45, 2.75) is 25.5 Å². The molecular formula is C27H31N3O3. The zero-order valence-corrected chi connectivity index (χ0v) is 19.2. The number of alkyl carbamates (subject to hydrolysis) is 1. The highest BCUT2D eigenvalue weighted by Crippen LogP contribution is 2.12. The molecule has 0 aromatic heterocycles. The van der Waals surface area contributed by atoms with E-state index in [0.717, 1.165) is 24.1 Å². The van der Waals surface area contributed by atoms with E-state index in [0.29, 0.717) is 12.1 Å². The molecule has 0 spiro atoms. The van der Waals surface area contributed by atoms with Crippen molar-refractivity contribution in [3.8, 4) is 0 Å². The minimum Gasteiger partial charge on any atom is -0.445 e. The number of likely N-dealkylation sites (N-methyl/N-ethyl adjacent to an activating group) is 1. The van der Waals surface area contributed by atoms with Crippen LogP contribution >= 0.6 is 0 Å². The third kappa shape index (κ3) is 8.43. The summed E-state index contributed by atoms with van der Waals surface area (Å²) in [4.78, 5) is 27.6. The Morgan fingerprint density at radius 2 is 1.42 bits per heavy atom. The van der Waals surface area contributed by atoms with Crippen molar-refractivity contribution in [3.63, 3.8) is 0 Å². The van der Waals surface area contributed by atoms with E-state index < -0.39 is 12.1 Å². The molecular weight excluding hydrogens is 414 g/mol. The van der Waals surface area contributed by atoms with E-state index in [2.05, 4.69) is 15.5 Å². The fourth-order valence-electron chi connectivity index (χ4n) is 3.30. The number of carbonyl (C=O) groups is 2. The highest BCUT2D eigenvalue weighted by Gasteiger charge is 2.22. The first-order valence-corrected chi connectivity index (χ1v) is 11.1. The summed E-state index contributed by atoms with van der Waals surface area (Å²) in [7, 11) is 4.08. The number of hydrogen-bond acceptors (Lipinski definition) is 4. The Labute approximate surface area is 195 Å². The Kier molecular flexibility index (Phi) is 9.03. The summed E-state index contributed by atoms with van der Waals surface area (Å²) >= 11 is 0. The molecule has 172 valence electrons. The second kappa shape index (κ2) is 12.4. The molecule has 0 aliphatic carbocycles. The molecule has 3 aromatic carbocycles. The summed E-state index contributed by atoms with van der Waals surface area (Å²) in [6.45, 7) is 1.10. The lowest BCUT2D eigenvalue weighted by atomic mass is 10.1. The Morgan fingerprint density at radius 1 is 0.818 bits per heavy atom. The van der Waals surface area contributed by atoms with E-state index in [1.54, 1.807) is 0 Å². The predicted octanol–water partition coefficient (Wildman–Crippen LogP) is 4.27. The van der Waals surface area contributed by atoms with Gasteiger partial charge in [-0.2, -0.15) is 0 Å². The van der Waals surface area contributed by atoms with Gasteiger partial charge < -0.3 is 20.3 Å². The number of anilines is 1. The van der Waals surface area contributed by atoms with Gasteiger partial charge in [0.1, 0.15) is 12.6 Å². The lowest BCUT2D eigenvalue weighted by Gasteiger charge is -2.19. The molecule has 1 atom stereocenters. The SMILES string of the molecule is CN(C)CCc1ccc(NC(=O)[C@H](Cc2ccccc2)NC(=O)OCc2ccccc2)cc1. The van der Waals surface area contributed by atoms with Crippen molar-refractivity contribution in [1.29, 1.82) is 0 Å². The van der Waals surface area contributed by atoms with Crippen molar-refractivity contribution >= 4 is 17.7 Å². The highest BCUT2D eigenvalue weighted by atomic mass is 16.5. The molecule has 0 heterocycles. The Balaban J connectivity index is 1.62. The summed E-state index contributed by atoms with van der Waals surface area (Å²) in [5.74, 6) is -0.295. The fourth-order valence-corrected chi connectivity index (χ4v) is 3.30. The second-order valence-electron chi connectivity index (χ2n) is 8.19. The van der Waals surface area contributed by atoms with Crippen LogP contribution in [-0.2, 0) is 29.0 Å². The monoisotopic (exact) mass is 445 g/mol. The summed E-state index contributed by atoms with van der Waals surface area (Å²) in [6, 6.07) is 26.0. The normalized spacial score (nSPS) is 11.6. The van der Waals surface area contributed by atoms with Crippen LogP contribution < -0.4 is 10.6 Å². The van der Waals surface area contributed by atoms with Crippen molar-refractivity contribution in [3.05, 3.63) is 102 Å². The van der Waals surface area contributed by atoms with E-state index in [4.69, 9.17) is 4.74 Å². The maximum absolute atomic E-state index is 13.0. The largest absolute Gasteiger partial charge is 0.445 e. The summed E-state index contributed by atoms with van der Waals surface area (Å²) in [5, 5.41) is 5.64. The molecule has 0 saturated carbocycles. The third-order valence-corrected chi connectivity index (χ3v) is 5.17. The van der Waals surface area contributed by atoms with Crippen LogP contribution in [0, 0.1) is 0 Å². The minimum absolute atomic E-state index is 0.140. The number of nitrogens with one attached hydrogen (secondary N) is 2. The number of carbonyl (C=O) groups excluding carboxylic acids is 2. The zero-order valence-electron chi connectivity index (χ0n) is 19.2. The predicted molar refractivity (Wildman–Crippen MR) is 131 cm³/mol. The molecule has 3 rings (SSSR count). The Hall–Kier alpha value is -3.64. The van der Waals surface area contributed by atoms with Crippen LogP contribution in [0.25, 0.3) is 0 Å². The molecule has 3 aromatic rings. The van der Waals surface area contributed by atoms with Crippen molar-refractivity contribution in [2.75, 3.05) is 26.0 Å². The molecule has 0 aliphatic rings. The van der Waals surface area contributed by atoms with Crippen LogP contribution in [0.3, 0.4) is 0 Å². The van der Waals surface area contributed by atoms with E-state index in [9.17, 15) is 9.59 Å².